The third kappa shape index (κ3) is 3.11. The molecule has 106 valence electrons. The van der Waals surface area contributed by atoms with E-state index in [1.54, 1.807) is 6.07 Å². The summed E-state index contributed by atoms with van der Waals surface area (Å²) in [6, 6.07) is 7.48. The fourth-order valence-corrected chi connectivity index (χ4v) is 3.47. The number of para-hydroxylation sites is 1. The van der Waals surface area contributed by atoms with Crippen molar-refractivity contribution in [3.63, 3.8) is 0 Å². The van der Waals surface area contributed by atoms with E-state index in [1.165, 1.54) is 25.7 Å². The molecule has 0 aromatic heterocycles. The second-order valence-corrected chi connectivity index (χ2v) is 5.69. The Bertz CT molecular complexity index is 402. The Balaban J connectivity index is 2.08. The lowest BCUT2D eigenvalue weighted by molar-refractivity contribution is -0.121. The number of ether oxygens (including phenoxy) is 1. The summed E-state index contributed by atoms with van der Waals surface area (Å²) < 4.78 is 6.33. The number of hydrogen-bond donors (Lipinski definition) is 1. The summed E-state index contributed by atoms with van der Waals surface area (Å²) in [6.45, 7) is 5.03. The van der Waals surface area contributed by atoms with Crippen molar-refractivity contribution in [2.24, 2.45) is 5.92 Å². The van der Waals surface area contributed by atoms with Crippen molar-refractivity contribution in [3.05, 3.63) is 29.8 Å². The molecular formula is C17H26O2. The van der Waals surface area contributed by atoms with Crippen molar-refractivity contribution in [3.8, 4) is 5.75 Å². The molecule has 0 amide bonds. The minimum atomic E-state index is 0.0231. The standard InChI is InChI=1S/C17H26O2/c1-3-15-10-7-8-12-17(15,4-2)19-13-14-9-5-6-11-16(14)18/h5-6,9,11,15,18H,3-4,7-8,10,12-13H2,1-2H3. The molecule has 0 saturated heterocycles. The van der Waals surface area contributed by atoms with Crippen LogP contribution >= 0.6 is 0 Å². The first-order valence-corrected chi connectivity index (χ1v) is 7.62. The molecule has 1 saturated carbocycles. The Kier molecular flexibility index (Phi) is 4.87. The summed E-state index contributed by atoms with van der Waals surface area (Å²) in [6.07, 6.45) is 7.31. The average molecular weight is 262 g/mol. The first-order chi connectivity index (χ1) is 9.22. The minimum Gasteiger partial charge on any atom is -0.508 e. The zero-order chi connectivity index (χ0) is 13.7. The van der Waals surface area contributed by atoms with E-state index in [4.69, 9.17) is 4.74 Å². The number of benzene rings is 1. The Labute approximate surface area is 116 Å². The van der Waals surface area contributed by atoms with Crippen LogP contribution < -0.4 is 0 Å². The molecule has 0 bridgehead atoms. The van der Waals surface area contributed by atoms with Crippen molar-refractivity contribution in [1.29, 1.82) is 0 Å². The van der Waals surface area contributed by atoms with E-state index in [-0.39, 0.29) is 5.60 Å². The molecule has 1 fully saturated rings. The van der Waals surface area contributed by atoms with Gasteiger partial charge in [-0.05, 0) is 31.2 Å². The maximum Gasteiger partial charge on any atom is 0.121 e. The van der Waals surface area contributed by atoms with E-state index in [2.05, 4.69) is 13.8 Å². The minimum absolute atomic E-state index is 0.0231. The monoisotopic (exact) mass is 262 g/mol. The topological polar surface area (TPSA) is 29.5 Å². The summed E-state index contributed by atoms with van der Waals surface area (Å²) in [5, 5.41) is 9.84. The molecule has 0 radical (unpaired) electrons. The van der Waals surface area contributed by atoms with Crippen LogP contribution in [0.3, 0.4) is 0 Å². The van der Waals surface area contributed by atoms with Crippen LogP contribution in [0.5, 0.6) is 5.75 Å². The smallest absolute Gasteiger partial charge is 0.121 e. The van der Waals surface area contributed by atoms with E-state index >= 15 is 0 Å². The van der Waals surface area contributed by atoms with Crippen molar-refractivity contribution in [2.45, 2.75) is 64.6 Å². The molecule has 0 aliphatic heterocycles. The summed E-state index contributed by atoms with van der Waals surface area (Å²) in [5.41, 5.74) is 0.922. The molecule has 2 heteroatoms. The predicted molar refractivity (Wildman–Crippen MR) is 78.2 cm³/mol. The summed E-state index contributed by atoms with van der Waals surface area (Å²) >= 11 is 0. The van der Waals surface area contributed by atoms with Gasteiger partial charge in [0.05, 0.1) is 12.2 Å². The van der Waals surface area contributed by atoms with Gasteiger partial charge in [0.15, 0.2) is 0 Å². The lowest BCUT2D eigenvalue weighted by Gasteiger charge is -2.43. The highest BCUT2D eigenvalue weighted by Crippen LogP contribution is 2.42. The molecule has 1 aliphatic rings. The van der Waals surface area contributed by atoms with Crippen LogP contribution in [0.1, 0.15) is 57.9 Å². The highest BCUT2D eigenvalue weighted by atomic mass is 16.5. The maximum atomic E-state index is 9.84. The zero-order valence-corrected chi connectivity index (χ0v) is 12.2. The highest BCUT2D eigenvalue weighted by molar-refractivity contribution is 5.31. The van der Waals surface area contributed by atoms with Gasteiger partial charge < -0.3 is 9.84 Å². The predicted octanol–water partition coefficient (Wildman–Crippen LogP) is 4.66. The third-order valence-electron chi connectivity index (χ3n) is 4.74. The van der Waals surface area contributed by atoms with Crippen LogP contribution in [0.4, 0.5) is 0 Å². The second kappa shape index (κ2) is 6.42. The van der Waals surface area contributed by atoms with E-state index in [1.807, 2.05) is 18.2 Å². The SMILES string of the molecule is CCC1CCCCC1(CC)OCc1ccccc1O. The molecular weight excluding hydrogens is 236 g/mol. The Hall–Kier alpha value is -1.02. The molecule has 19 heavy (non-hydrogen) atoms. The molecule has 1 aromatic carbocycles. The quantitative estimate of drug-likeness (QED) is 0.836. The van der Waals surface area contributed by atoms with Crippen LogP contribution in [0, 0.1) is 5.92 Å². The second-order valence-electron chi connectivity index (χ2n) is 5.69. The van der Waals surface area contributed by atoms with Gasteiger partial charge in [-0.3, -0.25) is 0 Å². The third-order valence-corrected chi connectivity index (χ3v) is 4.74. The summed E-state index contributed by atoms with van der Waals surface area (Å²) in [7, 11) is 0. The van der Waals surface area contributed by atoms with Crippen molar-refractivity contribution >= 4 is 0 Å². The number of aromatic hydroxyl groups is 1. The average Bonchev–Trinajstić information content (AvgIpc) is 2.46. The first kappa shape index (κ1) is 14.4. The van der Waals surface area contributed by atoms with Gasteiger partial charge in [-0.2, -0.15) is 0 Å². The van der Waals surface area contributed by atoms with Crippen LogP contribution in [0.15, 0.2) is 24.3 Å². The van der Waals surface area contributed by atoms with Crippen LogP contribution in [0.25, 0.3) is 0 Å². The van der Waals surface area contributed by atoms with Gasteiger partial charge >= 0.3 is 0 Å². The molecule has 2 atom stereocenters. The Morgan fingerprint density at radius 2 is 2.05 bits per heavy atom. The Morgan fingerprint density at radius 3 is 2.74 bits per heavy atom. The van der Waals surface area contributed by atoms with E-state index in [0.29, 0.717) is 18.3 Å². The molecule has 2 rings (SSSR count). The Morgan fingerprint density at radius 1 is 1.26 bits per heavy atom. The molecule has 2 unspecified atom stereocenters. The molecule has 0 spiro atoms. The summed E-state index contributed by atoms with van der Waals surface area (Å²) in [4.78, 5) is 0. The highest BCUT2D eigenvalue weighted by Gasteiger charge is 2.39. The van der Waals surface area contributed by atoms with Crippen LogP contribution in [-0.4, -0.2) is 10.7 Å². The van der Waals surface area contributed by atoms with E-state index in [9.17, 15) is 5.11 Å². The molecule has 2 nitrogen and oxygen atoms in total. The zero-order valence-electron chi connectivity index (χ0n) is 12.2. The maximum absolute atomic E-state index is 9.84. The molecule has 1 aromatic rings. The summed E-state index contributed by atoms with van der Waals surface area (Å²) in [5.74, 6) is 1.01. The van der Waals surface area contributed by atoms with Gasteiger partial charge in [0.2, 0.25) is 0 Å². The fourth-order valence-electron chi connectivity index (χ4n) is 3.47. The molecule has 0 heterocycles. The van der Waals surface area contributed by atoms with Gasteiger partial charge in [-0.25, -0.2) is 0 Å². The van der Waals surface area contributed by atoms with E-state index in [0.717, 1.165) is 18.4 Å². The molecule has 1 N–H and O–H groups in total. The number of phenols is 1. The number of hydrogen-bond acceptors (Lipinski definition) is 2. The van der Waals surface area contributed by atoms with Gasteiger partial charge in [0, 0.05) is 5.56 Å². The van der Waals surface area contributed by atoms with Crippen LogP contribution in [-0.2, 0) is 11.3 Å². The fraction of sp³-hybridized carbons (Fsp3) is 0.647. The largest absolute Gasteiger partial charge is 0.508 e. The van der Waals surface area contributed by atoms with Gasteiger partial charge in [0.25, 0.3) is 0 Å². The van der Waals surface area contributed by atoms with Crippen molar-refractivity contribution < 1.29 is 9.84 Å². The first-order valence-electron chi connectivity index (χ1n) is 7.62. The van der Waals surface area contributed by atoms with Crippen molar-refractivity contribution in [2.75, 3.05) is 0 Å². The van der Waals surface area contributed by atoms with Crippen LogP contribution in [0.2, 0.25) is 0 Å². The number of rotatable bonds is 5. The normalized spacial score (nSPS) is 27.4. The molecule has 1 aliphatic carbocycles. The van der Waals surface area contributed by atoms with E-state index < -0.39 is 0 Å². The van der Waals surface area contributed by atoms with Gasteiger partial charge in [0.1, 0.15) is 5.75 Å². The lowest BCUT2D eigenvalue weighted by Crippen LogP contribution is -2.42. The van der Waals surface area contributed by atoms with Crippen molar-refractivity contribution in [1.82, 2.24) is 0 Å². The number of phenolic OH excluding ortho intramolecular Hbond substituents is 1. The lowest BCUT2D eigenvalue weighted by atomic mass is 9.72. The van der Waals surface area contributed by atoms with Gasteiger partial charge in [-0.1, -0.05) is 51.3 Å². The van der Waals surface area contributed by atoms with Gasteiger partial charge in [-0.15, -0.1) is 0 Å².